The van der Waals surface area contributed by atoms with Gasteiger partial charge in [0.05, 0.1) is 5.75 Å². The van der Waals surface area contributed by atoms with Gasteiger partial charge < -0.3 is 9.15 Å². The first kappa shape index (κ1) is 19.1. The van der Waals surface area contributed by atoms with Crippen LogP contribution in [-0.4, -0.2) is 21.7 Å². The number of thioether (sulfide) groups is 1. The van der Waals surface area contributed by atoms with Gasteiger partial charge in [0.15, 0.2) is 23.5 Å². The van der Waals surface area contributed by atoms with Gasteiger partial charge in [0.25, 0.3) is 11.1 Å². The molecule has 0 fully saturated rings. The Morgan fingerprint density at radius 3 is 2.78 bits per heavy atom. The second kappa shape index (κ2) is 8.35. The van der Waals surface area contributed by atoms with E-state index < -0.39 is 11.9 Å². The highest BCUT2D eigenvalue weighted by Crippen LogP contribution is 2.26. The highest BCUT2D eigenvalue weighted by molar-refractivity contribution is 7.99. The minimum absolute atomic E-state index is 0.00314. The zero-order chi connectivity index (χ0) is 19.4. The lowest BCUT2D eigenvalue weighted by Crippen LogP contribution is -2.05. The van der Waals surface area contributed by atoms with Crippen molar-refractivity contribution in [3.8, 4) is 5.75 Å². The van der Waals surface area contributed by atoms with Gasteiger partial charge >= 0.3 is 0 Å². The lowest BCUT2D eigenvalue weighted by Gasteiger charge is -2.11. The molecule has 0 aliphatic rings. The molecule has 0 radical (unpaired) electrons. The zero-order valence-electron chi connectivity index (χ0n) is 15.2. The van der Waals surface area contributed by atoms with Crippen molar-refractivity contribution in [2.24, 2.45) is 0 Å². The average molecular weight is 386 g/mol. The Balaban J connectivity index is 1.61. The number of Topliss-reactive ketones (excluding diaryl/α,β-unsaturated/α-hetero) is 1. The van der Waals surface area contributed by atoms with Crippen molar-refractivity contribution in [2.75, 3.05) is 5.75 Å². The van der Waals surface area contributed by atoms with Crippen molar-refractivity contribution in [3.63, 3.8) is 0 Å². The van der Waals surface area contributed by atoms with E-state index in [1.165, 1.54) is 23.9 Å². The van der Waals surface area contributed by atoms with Gasteiger partial charge in [0, 0.05) is 5.56 Å². The first-order chi connectivity index (χ1) is 12.9. The molecule has 2 aromatic carbocycles. The molecular formula is C20H19FN2O3S. The lowest BCUT2D eigenvalue weighted by molar-refractivity contribution is 0.102. The smallest absolute Gasteiger partial charge is 0.277 e. The number of nitrogens with zero attached hydrogens (tertiary/aromatic N) is 2. The van der Waals surface area contributed by atoms with Crippen molar-refractivity contribution >= 4 is 17.5 Å². The number of ether oxygens (including phenoxy) is 1. The van der Waals surface area contributed by atoms with E-state index in [1.807, 2.05) is 32.0 Å². The number of hydrogen-bond acceptors (Lipinski definition) is 6. The Morgan fingerprint density at radius 2 is 2.00 bits per heavy atom. The molecule has 3 rings (SSSR count). The van der Waals surface area contributed by atoms with Crippen LogP contribution in [0.25, 0.3) is 0 Å². The van der Waals surface area contributed by atoms with E-state index in [0.717, 1.165) is 11.1 Å². The molecule has 1 aromatic heterocycles. The number of aryl methyl sites for hydroxylation is 2. The summed E-state index contributed by atoms with van der Waals surface area (Å²) >= 11 is 1.17. The molecule has 0 aliphatic carbocycles. The fraction of sp³-hybridized carbons (Fsp3) is 0.250. The molecule has 3 aromatic rings. The highest BCUT2D eigenvalue weighted by atomic mass is 32.2. The van der Waals surface area contributed by atoms with Crippen molar-refractivity contribution in [3.05, 3.63) is 70.9 Å². The van der Waals surface area contributed by atoms with Crippen LogP contribution < -0.4 is 4.74 Å². The van der Waals surface area contributed by atoms with Crippen LogP contribution in [0, 0.1) is 19.7 Å². The molecule has 0 unspecified atom stereocenters. The van der Waals surface area contributed by atoms with Gasteiger partial charge in [-0.25, -0.2) is 4.39 Å². The molecule has 1 heterocycles. The minimum Gasteiger partial charge on any atom is -0.478 e. The van der Waals surface area contributed by atoms with Crippen LogP contribution in [0.4, 0.5) is 4.39 Å². The Morgan fingerprint density at radius 1 is 1.22 bits per heavy atom. The van der Waals surface area contributed by atoms with Gasteiger partial charge in [-0.15, -0.1) is 10.2 Å². The fourth-order valence-corrected chi connectivity index (χ4v) is 3.12. The number of benzene rings is 2. The van der Waals surface area contributed by atoms with E-state index in [9.17, 15) is 9.18 Å². The number of carbonyl (C=O) groups is 1. The largest absolute Gasteiger partial charge is 0.478 e. The van der Waals surface area contributed by atoms with Crippen LogP contribution in [0.3, 0.4) is 0 Å². The molecule has 0 N–H and O–H groups in total. The highest BCUT2D eigenvalue weighted by Gasteiger charge is 2.18. The Bertz CT molecular complexity index is 958. The van der Waals surface area contributed by atoms with Crippen molar-refractivity contribution in [1.29, 1.82) is 0 Å². The van der Waals surface area contributed by atoms with Crippen LogP contribution >= 0.6 is 11.8 Å². The summed E-state index contributed by atoms with van der Waals surface area (Å²) in [4.78, 5) is 12.4. The molecular weight excluding hydrogens is 367 g/mol. The first-order valence-corrected chi connectivity index (χ1v) is 9.40. The molecule has 5 nitrogen and oxygen atoms in total. The SMILES string of the molecule is Cc1ccc(C)c(C(=O)CSc2nnc([C@H](C)Oc3ccccc3F)o2)c1. The molecule has 7 heteroatoms. The quantitative estimate of drug-likeness (QED) is 0.423. The molecule has 0 saturated heterocycles. The zero-order valence-corrected chi connectivity index (χ0v) is 16.0. The second-order valence-electron chi connectivity index (χ2n) is 6.13. The van der Waals surface area contributed by atoms with Crippen molar-refractivity contribution < 1.29 is 18.3 Å². The molecule has 0 saturated carbocycles. The van der Waals surface area contributed by atoms with E-state index in [4.69, 9.17) is 9.15 Å². The molecule has 27 heavy (non-hydrogen) atoms. The summed E-state index contributed by atoms with van der Waals surface area (Å²) in [6.45, 7) is 5.55. The predicted octanol–water partition coefficient (Wildman–Crippen LogP) is 4.94. The third-order valence-electron chi connectivity index (χ3n) is 3.93. The van der Waals surface area contributed by atoms with Gasteiger partial charge in [-0.2, -0.15) is 0 Å². The molecule has 0 amide bonds. The minimum atomic E-state index is -0.613. The van der Waals surface area contributed by atoms with Crippen LogP contribution in [0.2, 0.25) is 0 Å². The Hall–Kier alpha value is -2.67. The maximum absolute atomic E-state index is 13.7. The third kappa shape index (κ3) is 4.74. The summed E-state index contributed by atoms with van der Waals surface area (Å²) in [5.74, 6) is 0.0608. The topological polar surface area (TPSA) is 65.2 Å². The lowest BCUT2D eigenvalue weighted by atomic mass is 10.0. The number of halogens is 1. The van der Waals surface area contributed by atoms with Crippen LogP contribution in [-0.2, 0) is 0 Å². The van der Waals surface area contributed by atoms with E-state index in [1.54, 1.807) is 19.1 Å². The molecule has 0 spiro atoms. The number of ketones is 1. The third-order valence-corrected chi connectivity index (χ3v) is 4.75. The number of aromatic nitrogens is 2. The number of para-hydroxylation sites is 1. The Kier molecular flexibility index (Phi) is 5.91. The Labute approximate surface area is 161 Å². The summed E-state index contributed by atoms with van der Waals surface area (Å²) in [6, 6.07) is 11.9. The van der Waals surface area contributed by atoms with Crippen LogP contribution in [0.1, 0.15) is 40.4 Å². The number of rotatable bonds is 7. The first-order valence-electron chi connectivity index (χ1n) is 8.42. The van der Waals surface area contributed by atoms with E-state index >= 15 is 0 Å². The van der Waals surface area contributed by atoms with Gasteiger partial charge in [-0.3, -0.25) is 4.79 Å². The monoisotopic (exact) mass is 386 g/mol. The van der Waals surface area contributed by atoms with Gasteiger partial charge in [-0.1, -0.05) is 41.6 Å². The number of carbonyl (C=O) groups excluding carboxylic acids is 1. The van der Waals surface area contributed by atoms with E-state index in [0.29, 0.717) is 5.56 Å². The summed E-state index contributed by atoms with van der Waals surface area (Å²) in [5, 5.41) is 8.13. The summed E-state index contributed by atoms with van der Waals surface area (Å²) in [7, 11) is 0. The van der Waals surface area contributed by atoms with Crippen LogP contribution in [0.15, 0.2) is 52.1 Å². The number of hydrogen-bond donors (Lipinski definition) is 0. The molecule has 0 bridgehead atoms. The van der Waals surface area contributed by atoms with Gasteiger partial charge in [0.2, 0.25) is 0 Å². The second-order valence-corrected chi connectivity index (χ2v) is 7.05. The van der Waals surface area contributed by atoms with E-state index in [-0.39, 0.29) is 28.4 Å². The van der Waals surface area contributed by atoms with Crippen molar-refractivity contribution in [1.82, 2.24) is 10.2 Å². The maximum Gasteiger partial charge on any atom is 0.277 e. The summed E-state index contributed by atoms with van der Waals surface area (Å²) < 4.78 is 24.7. The fourth-order valence-electron chi connectivity index (χ4n) is 2.47. The molecule has 1 atom stereocenters. The van der Waals surface area contributed by atoms with Gasteiger partial charge in [-0.05, 0) is 44.5 Å². The van der Waals surface area contributed by atoms with Crippen molar-refractivity contribution in [2.45, 2.75) is 32.1 Å². The summed E-state index contributed by atoms with van der Waals surface area (Å²) in [5.41, 5.74) is 2.66. The molecule has 140 valence electrons. The average Bonchev–Trinajstić information content (AvgIpc) is 3.13. The maximum atomic E-state index is 13.7. The van der Waals surface area contributed by atoms with E-state index in [2.05, 4.69) is 10.2 Å². The normalized spacial score (nSPS) is 12.0. The van der Waals surface area contributed by atoms with Crippen LogP contribution in [0.5, 0.6) is 5.75 Å². The summed E-state index contributed by atoms with van der Waals surface area (Å²) in [6.07, 6.45) is -0.613. The predicted molar refractivity (Wildman–Crippen MR) is 101 cm³/mol. The standard InChI is InChI=1S/C20H19FN2O3S/c1-12-8-9-13(2)15(10-12)17(24)11-27-20-23-22-19(26-20)14(3)25-18-7-5-4-6-16(18)21/h4-10,14H,11H2,1-3H3/t14-/m0/s1. The van der Waals surface area contributed by atoms with Gasteiger partial charge in [0.1, 0.15) is 0 Å². The molecule has 0 aliphatic heterocycles.